The van der Waals surface area contributed by atoms with E-state index in [1.165, 1.54) is 77.8 Å². The van der Waals surface area contributed by atoms with Gasteiger partial charge in [0.25, 0.3) is 14.1 Å². The van der Waals surface area contributed by atoms with Crippen LogP contribution in [0.4, 0.5) is 0 Å². The van der Waals surface area contributed by atoms with Crippen LogP contribution in [0.5, 0.6) is 0 Å². The maximum Gasteiger partial charge on any atom is 0.251 e. The van der Waals surface area contributed by atoms with E-state index in [1.807, 2.05) is 19.6 Å². The van der Waals surface area contributed by atoms with Gasteiger partial charge in [-0.2, -0.15) is 0 Å². The van der Waals surface area contributed by atoms with Crippen molar-refractivity contribution in [2.45, 2.75) is 89.4 Å². The Hall–Kier alpha value is 0.985. The van der Waals surface area contributed by atoms with Crippen LogP contribution in [-0.2, 0) is 0 Å². The standard InChI is InChI=1S/2C7H15N.C2H6.4CH3.2Al/c2*1-2-8-6-4-3-5-7-8;1-2;;;;;;/h2*2-7H2,1H3;1-2H3;4*1H3;;. The quantitative estimate of drug-likeness (QED) is 0.585. The molecule has 0 amide bonds. The summed E-state index contributed by atoms with van der Waals surface area (Å²) in [4.78, 5) is 5.03. The maximum atomic E-state index is 2.52. The summed E-state index contributed by atoms with van der Waals surface area (Å²) < 4.78 is 0. The monoisotopic (exact) mass is 370 g/mol. The highest BCUT2D eigenvalue weighted by Crippen LogP contribution is 2.07. The first-order valence-electron chi connectivity index (χ1n) is 10.6. The molecule has 0 bridgehead atoms. The second kappa shape index (κ2) is 26.2. The van der Waals surface area contributed by atoms with E-state index < -0.39 is 0 Å². The van der Waals surface area contributed by atoms with E-state index >= 15 is 0 Å². The first-order chi connectivity index (χ1) is 11.6. The van der Waals surface area contributed by atoms with E-state index in [2.05, 4.69) is 57.3 Å². The molecule has 0 aliphatic carbocycles. The molecule has 2 nitrogen and oxygen atoms in total. The molecule has 0 atom stereocenters. The van der Waals surface area contributed by atoms with Crippen molar-refractivity contribution in [3.05, 3.63) is 0 Å². The molecule has 2 heterocycles. The SMILES string of the molecule is CC.CCN1CCCCC1.CCN1CCCCC1.[CH3][Al].[CH3][Al]([CH3])[CH3]. The van der Waals surface area contributed by atoms with Crippen LogP contribution in [0.1, 0.15) is 66.2 Å². The van der Waals surface area contributed by atoms with Gasteiger partial charge in [-0.05, 0) is 65.0 Å². The van der Waals surface area contributed by atoms with E-state index in [-0.39, 0.29) is 14.1 Å². The third kappa shape index (κ3) is 25.2. The molecule has 2 fully saturated rings. The van der Waals surface area contributed by atoms with Crippen molar-refractivity contribution in [2.75, 3.05) is 39.3 Å². The van der Waals surface area contributed by atoms with E-state index in [9.17, 15) is 0 Å². The fourth-order valence-corrected chi connectivity index (χ4v) is 2.55. The molecule has 0 unspecified atom stereocenters. The van der Waals surface area contributed by atoms with E-state index in [1.54, 1.807) is 0 Å². The first kappa shape index (κ1) is 29.7. The molecule has 4 heteroatoms. The third-order valence-corrected chi connectivity index (χ3v) is 3.79. The van der Waals surface area contributed by atoms with Crippen molar-refractivity contribution in [3.63, 3.8) is 0 Å². The van der Waals surface area contributed by atoms with Crippen molar-refractivity contribution in [2.24, 2.45) is 0 Å². The van der Waals surface area contributed by atoms with Crippen molar-refractivity contribution in [1.29, 1.82) is 0 Å². The van der Waals surface area contributed by atoms with Gasteiger partial charge in [0.15, 0.2) is 0 Å². The van der Waals surface area contributed by atoms with Crippen molar-refractivity contribution in [3.8, 4) is 0 Å². The fourth-order valence-electron chi connectivity index (χ4n) is 2.55. The number of likely N-dealkylation sites (tertiary alicyclic amines) is 2. The van der Waals surface area contributed by atoms with Crippen LogP contribution in [0, 0.1) is 0 Å². The van der Waals surface area contributed by atoms with Crippen LogP contribution in [-0.4, -0.2) is 79.5 Å². The summed E-state index contributed by atoms with van der Waals surface area (Å²) in [5, 5.41) is 0. The summed E-state index contributed by atoms with van der Waals surface area (Å²) in [5.74, 6) is 8.83. The summed E-state index contributed by atoms with van der Waals surface area (Å²) in [6, 6.07) is 0. The molecule has 24 heavy (non-hydrogen) atoms. The summed E-state index contributed by atoms with van der Waals surface area (Å²) in [5.41, 5.74) is 0. The lowest BCUT2D eigenvalue weighted by Gasteiger charge is -2.24. The second-order valence-electron chi connectivity index (χ2n) is 6.72. The van der Waals surface area contributed by atoms with Gasteiger partial charge in [-0.1, -0.05) is 40.5 Å². The maximum absolute atomic E-state index is 2.52. The zero-order valence-electron chi connectivity index (χ0n) is 18.5. The number of rotatable bonds is 2. The third-order valence-electron chi connectivity index (χ3n) is 3.79. The Bertz CT molecular complexity index is 169. The topological polar surface area (TPSA) is 6.48 Å². The van der Waals surface area contributed by atoms with Gasteiger partial charge in [-0.25, -0.2) is 0 Å². The van der Waals surface area contributed by atoms with Crippen LogP contribution in [0.25, 0.3) is 0 Å². The Balaban J connectivity index is -0.000000261. The van der Waals surface area contributed by atoms with E-state index in [4.69, 9.17) is 0 Å². The Kier molecular flexibility index (Phi) is 32.5. The highest BCUT2D eigenvalue weighted by molar-refractivity contribution is 6.54. The Morgan fingerprint density at radius 3 is 0.958 bits per heavy atom. The average molecular weight is 371 g/mol. The average Bonchev–Trinajstić information content (AvgIpc) is 2.66. The van der Waals surface area contributed by atoms with Gasteiger partial charge in [0.1, 0.15) is 16.3 Å². The van der Waals surface area contributed by atoms with Crippen LogP contribution < -0.4 is 0 Å². The lowest BCUT2D eigenvalue weighted by Crippen LogP contribution is -2.29. The zero-order chi connectivity index (χ0) is 19.2. The minimum Gasteiger partial charge on any atom is -0.304 e. The highest BCUT2D eigenvalue weighted by atomic mass is 27.2. The molecule has 2 rings (SSSR count). The lowest BCUT2D eigenvalue weighted by atomic mass is 10.1. The van der Waals surface area contributed by atoms with Crippen molar-refractivity contribution >= 4 is 30.4 Å². The predicted octanol–water partition coefficient (Wildman–Crippen LogP) is 5.58. The van der Waals surface area contributed by atoms with Crippen LogP contribution >= 0.6 is 0 Å². The van der Waals surface area contributed by atoms with Gasteiger partial charge < -0.3 is 9.80 Å². The first-order valence-corrected chi connectivity index (χ1v) is 15.2. The van der Waals surface area contributed by atoms with Crippen LogP contribution in [0.2, 0.25) is 23.1 Å². The van der Waals surface area contributed by atoms with Gasteiger partial charge in [-0.3, -0.25) is 0 Å². The minimum absolute atomic E-state index is 0.139. The lowest BCUT2D eigenvalue weighted by molar-refractivity contribution is 0.240. The van der Waals surface area contributed by atoms with Gasteiger partial charge >= 0.3 is 0 Å². The van der Waals surface area contributed by atoms with Crippen molar-refractivity contribution in [1.82, 2.24) is 9.80 Å². The molecular formula is C20H48Al2N2. The molecule has 0 aromatic rings. The molecule has 2 radical (unpaired) electrons. The van der Waals surface area contributed by atoms with Gasteiger partial charge in [-0.15, -0.1) is 23.1 Å². The molecular weight excluding hydrogens is 322 g/mol. The second-order valence-corrected chi connectivity index (χ2v) is 10.2. The normalized spacial score (nSPS) is 17.3. The summed E-state index contributed by atoms with van der Waals surface area (Å²) >= 11 is 2.28. The Morgan fingerprint density at radius 1 is 0.625 bits per heavy atom. The molecule has 0 aromatic heterocycles. The van der Waals surface area contributed by atoms with Crippen molar-refractivity contribution < 1.29 is 0 Å². The predicted molar refractivity (Wildman–Crippen MR) is 118 cm³/mol. The molecule has 2 aliphatic rings. The number of piperidine rings is 2. The van der Waals surface area contributed by atoms with Gasteiger partial charge in [0, 0.05) is 0 Å². The summed E-state index contributed by atoms with van der Waals surface area (Å²) in [7, 11) is 0. The number of hydrogen-bond acceptors (Lipinski definition) is 2. The van der Waals surface area contributed by atoms with E-state index in [0.717, 1.165) is 0 Å². The summed E-state index contributed by atoms with van der Waals surface area (Å²) in [6.07, 6.45) is 8.61. The highest BCUT2D eigenvalue weighted by Gasteiger charge is 2.06. The Morgan fingerprint density at radius 2 is 0.833 bits per heavy atom. The van der Waals surface area contributed by atoms with Crippen LogP contribution in [0.15, 0.2) is 0 Å². The molecule has 2 saturated heterocycles. The minimum atomic E-state index is -0.139. The molecule has 0 aromatic carbocycles. The molecule has 144 valence electrons. The largest absolute Gasteiger partial charge is 0.304 e. The molecule has 0 spiro atoms. The summed E-state index contributed by atoms with van der Waals surface area (Å²) in [6.45, 7) is 16.4. The molecule has 0 N–H and O–H groups in total. The van der Waals surface area contributed by atoms with Crippen LogP contribution in [0.3, 0.4) is 0 Å². The zero-order valence-corrected chi connectivity index (χ0v) is 20.8. The van der Waals surface area contributed by atoms with Gasteiger partial charge in [0.2, 0.25) is 0 Å². The molecule has 2 aliphatic heterocycles. The van der Waals surface area contributed by atoms with Gasteiger partial charge in [0.05, 0.1) is 0 Å². The number of nitrogens with zero attached hydrogens (tertiary/aromatic N) is 2. The Labute approximate surface area is 168 Å². The van der Waals surface area contributed by atoms with E-state index in [0.29, 0.717) is 0 Å². The fraction of sp³-hybridized carbons (Fsp3) is 1.00. The smallest absolute Gasteiger partial charge is 0.251 e. The molecule has 0 saturated carbocycles. The number of hydrogen-bond donors (Lipinski definition) is 0.